The Labute approximate surface area is 144 Å². The van der Waals surface area contributed by atoms with Crippen molar-refractivity contribution in [1.82, 2.24) is 4.72 Å². The van der Waals surface area contributed by atoms with Crippen molar-refractivity contribution in [2.75, 3.05) is 0 Å². The summed E-state index contributed by atoms with van der Waals surface area (Å²) in [7, 11) is -3.86. The molecule has 0 aliphatic heterocycles. The molecule has 0 fully saturated rings. The highest BCUT2D eigenvalue weighted by molar-refractivity contribution is 7.90. The number of hydrogen-bond donors (Lipinski definition) is 1. The summed E-state index contributed by atoms with van der Waals surface area (Å²) in [6.07, 6.45) is 0. The molecule has 1 aromatic rings. The van der Waals surface area contributed by atoms with Gasteiger partial charge in [-0.3, -0.25) is 14.7 Å². The van der Waals surface area contributed by atoms with Crippen molar-refractivity contribution < 1.29 is 8.42 Å². The van der Waals surface area contributed by atoms with Crippen molar-refractivity contribution in [1.29, 1.82) is 5.26 Å². The van der Waals surface area contributed by atoms with Crippen molar-refractivity contribution in [2.45, 2.75) is 57.5 Å². The second-order valence-corrected chi connectivity index (χ2v) is 8.98. The maximum Gasteiger partial charge on any atom is 0.263 e. The van der Waals surface area contributed by atoms with E-state index in [9.17, 15) is 13.7 Å². The van der Waals surface area contributed by atoms with Crippen LogP contribution in [0.1, 0.15) is 41.5 Å². The van der Waals surface area contributed by atoms with Crippen molar-refractivity contribution in [3.63, 3.8) is 0 Å². The van der Waals surface area contributed by atoms with Crippen LogP contribution in [0.25, 0.3) is 0 Å². The molecule has 0 spiro atoms. The third kappa shape index (κ3) is 6.50. The average Bonchev–Trinajstić information content (AvgIpc) is 2.42. The highest BCUT2D eigenvalue weighted by Crippen LogP contribution is 2.13. The summed E-state index contributed by atoms with van der Waals surface area (Å²) < 4.78 is 27.5. The zero-order chi connectivity index (χ0) is 18.6. The molecule has 0 saturated heterocycles. The minimum atomic E-state index is -3.86. The van der Waals surface area contributed by atoms with Crippen molar-refractivity contribution in [3.05, 3.63) is 30.3 Å². The van der Waals surface area contributed by atoms with Gasteiger partial charge in [-0.15, -0.1) is 0 Å². The predicted molar refractivity (Wildman–Crippen MR) is 96.8 cm³/mol. The van der Waals surface area contributed by atoms with Gasteiger partial charge in [-0.05, 0) is 53.7 Å². The molecule has 0 atom stereocenters. The number of aliphatic imine (C=N–C) groups is 2. The van der Waals surface area contributed by atoms with Crippen LogP contribution in [-0.2, 0) is 10.0 Å². The summed E-state index contributed by atoms with van der Waals surface area (Å²) in [6, 6.07) is 9.88. The number of sulfonamides is 1. The van der Waals surface area contributed by atoms with E-state index in [0.717, 1.165) is 0 Å². The van der Waals surface area contributed by atoms with E-state index >= 15 is 0 Å². The third-order valence-corrected chi connectivity index (χ3v) is 3.86. The van der Waals surface area contributed by atoms with E-state index in [2.05, 4.69) is 14.7 Å². The smallest absolute Gasteiger partial charge is 0.263 e. The fraction of sp³-hybridized carbons (Fsp3) is 0.471. The van der Waals surface area contributed by atoms with Crippen molar-refractivity contribution >= 4 is 21.6 Å². The molecular weight excluding hydrogens is 324 g/mol. The number of nitrogens with zero attached hydrogens (tertiary/aromatic N) is 3. The molecule has 1 rings (SSSR count). The fourth-order valence-corrected chi connectivity index (χ4v) is 2.74. The lowest BCUT2D eigenvalue weighted by Gasteiger charge is -2.19. The molecule has 1 N–H and O–H groups in total. The predicted octanol–water partition coefficient (Wildman–Crippen LogP) is 2.92. The van der Waals surface area contributed by atoms with Crippen LogP contribution in [0.4, 0.5) is 0 Å². The van der Waals surface area contributed by atoms with Crippen molar-refractivity contribution in [2.24, 2.45) is 9.98 Å². The van der Waals surface area contributed by atoms with Crippen LogP contribution in [0.15, 0.2) is 45.2 Å². The summed E-state index contributed by atoms with van der Waals surface area (Å²) in [5.41, 5.74) is -1.16. The standard InChI is InChI=1S/C17H24N4O2S/c1-16(2,3)19-14(12-18)15(20-17(4,5)6)21-24(22,23)13-10-8-7-9-11-13/h7-11H,1-6H3,(H,20,21). The first-order chi connectivity index (χ1) is 10.8. The zero-order valence-electron chi connectivity index (χ0n) is 15.0. The molecule has 0 aliphatic rings. The lowest BCUT2D eigenvalue weighted by Crippen LogP contribution is -2.38. The average molecular weight is 348 g/mol. The Bertz CT molecular complexity index is 775. The van der Waals surface area contributed by atoms with Gasteiger partial charge in [0.05, 0.1) is 16.0 Å². The largest absolute Gasteiger partial charge is 0.265 e. The van der Waals surface area contributed by atoms with E-state index in [-0.39, 0.29) is 16.4 Å². The van der Waals surface area contributed by atoms with Crippen LogP contribution in [-0.4, -0.2) is 31.0 Å². The molecule has 0 unspecified atom stereocenters. The Morgan fingerprint density at radius 3 is 1.92 bits per heavy atom. The molecule has 130 valence electrons. The first kappa shape index (κ1) is 19.8. The minimum Gasteiger partial charge on any atom is -0.265 e. The van der Waals surface area contributed by atoms with Crippen LogP contribution in [0.3, 0.4) is 0 Å². The molecule has 0 amide bonds. The number of benzene rings is 1. The van der Waals surface area contributed by atoms with Gasteiger partial charge in [0.2, 0.25) is 0 Å². The van der Waals surface area contributed by atoms with Crippen LogP contribution < -0.4 is 4.72 Å². The minimum absolute atomic E-state index is 0.0445. The van der Waals surface area contributed by atoms with Crippen LogP contribution in [0.5, 0.6) is 0 Å². The second-order valence-electron chi connectivity index (χ2n) is 7.29. The zero-order valence-corrected chi connectivity index (χ0v) is 15.8. The number of rotatable bonds is 3. The van der Waals surface area contributed by atoms with Gasteiger partial charge in [0.1, 0.15) is 6.07 Å². The SMILES string of the molecule is CC(C)(C)N=C(C#N)C(=NC(C)(C)C)NS(=O)(=O)c1ccccc1. The van der Waals surface area contributed by atoms with Crippen molar-refractivity contribution in [3.8, 4) is 6.07 Å². The lowest BCUT2D eigenvalue weighted by atomic mass is 10.1. The van der Waals surface area contributed by atoms with Gasteiger partial charge in [0.15, 0.2) is 11.5 Å². The highest BCUT2D eigenvalue weighted by atomic mass is 32.2. The monoisotopic (exact) mass is 348 g/mol. The fourth-order valence-electron chi connectivity index (χ4n) is 1.71. The molecule has 0 saturated carbocycles. The molecule has 1 aromatic carbocycles. The Hall–Kier alpha value is -2.20. The van der Waals surface area contributed by atoms with E-state index in [0.29, 0.717) is 0 Å². The summed E-state index contributed by atoms with van der Waals surface area (Å²) in [6.45, 7) is 10.9. The molecule has 0 aliphatic carbocycles. The van der Waals surface area contributed by atoms with Gasteiger partial charge < -0.3 is 0 Å². The van der Waals surface area contributed by atoms with Gasteiger partial charge in [-0.2, -0.15) is 5.26 Å². The summed E-state index contributed by atoms with van der Waals surface area (Å²) in [5.74, 6) is -0.0521. The Morgan fingerprint density at radius 2 is 1.50 bits per heavy atom. The van der Waals surface area contributed by atoms with Crippen LogP contribution in [0, 0.1) is 11.3 Å². The molecule has 6 nitrogen and oxygen atoms in total. The molecule has 0 radical (unpaired) electrons. The number of amidine groups is 1. The van der Waals surface area contributed by atoms with E-state index in [1.54, 1.807) is 18.2 Å². The molecule has 0 aromatic heterocycles. The number of nitriles is 1. The number of nitrogens with one attached hydrogen (secondary N) is 1. The molecule has 0 heterocycles. The summed E-state index contributed by atoms with van der Waals surface area (Å²) >= 11 is 0. The van der Waals surface area contributed by atoms with Gasteiger partial charge in [-0.1, -0.05) is 18.2 Å². The Morgan fingerprint density at radius 1 is 1.00 bits per heavy atom. The Balaban J connectivity index is 3.40. The van der Waals surface area contributed by atoms with Gasteiger partial charge in [-0.25, -0.2) is 8.42 Å². The van der Waals surface area contributed by atoms with Gasteiger partial charge >= 0.3 is 0 Å². The maximum atomic E-state index is 12.6. The quantitative estimate of drug-likeness (QED) is 0.672. The summed E-state index contributed by atoms with van der Waals surface area (Å²) in [4.78, 5) is 8.73. The topological polar surface area (TPSA) is 94.7 Å². The molecule has 7 heteroatoms. The van der Waals surface area contributed by atoms with Crippen LogP contribution >= 0.6 is 0 Å². The van der Waals surface area contributed by atoms with Crippen LogP contribution in [0.2, 0.25) is 0 Å². The second kappa shape index (κ2) is 7.14. The third-order valence-electron chi connectivity index (χ3n) is 2.51. The maximum absolute atomic E-state index is 12.6. The van der Waals surface area contributed by atoms with E-state index in [1.807, 2.05) is 47.6 Å². The Kier molecular flexibility index (Phi) is 5.90. The lowest BCUT2D eigenvalue weighted by molar-refractivity contribution is 0.575. The molecular formula is C17H24N4O2S. The van der Waals surface area contributed by atoms with E-state index in [4.69, 9.17) is 0 Å². The van der Waals surface area contributed by atoms with E-state index in [1.165, 1.54) is 12.1 Å². The number of hydrogen-bond acceptors (Lipinski definition) is 5. The first-order valence-corrected chi connectivity index (χ1v) is 9.00. The van der Waals surface area contributed by atoms with Gasteiger partial charge in [0.25, 0.3) is 10.0 Å². The summed E-state index contributed by atoms with van der Waals surface area (Å²) in [5, 5.41) is 9.43. The van der Waals surface area contributed by atoms with Gasteiger partial charge in [0, 0.05) is 0 Å². The normalized spacial score (nSPS) is 14.2. The highest BCUT2D eigenvalue weighted by Gasteiger charge is 2.23. The van der Waals surface area contributed by atoms with E-state index < -0.39 is 21.1 Å². The molecule has 24 heavy (non-hydrogen) atoms. The first-order valence-electron chi connectivity index (χ1n) is 7.52. The molecule has 0 bridgehead atoms.